The van der Waals surface area contributed by atoms with Gasteiger partial charge in [0, 0.05) is 30.2 Å². The molecule has 0 saturated heterocycles. The molecule has 36 heavy (non-hydrogen) atoms. The molecule has 10 nitrogen and oxygen atoms in total. The first kappa shape index (κ1) is 24.0. The number of rotatable bonds is 10. The molecule has 11 heteroatoms. The predicted octanol–water partition coefficient (Wildman–Crippen LogP) is 2.71. The van der Waals surface area contributed by atoms with Crippen molar-refractivity contribution in [2.24, 2.45) is 17.8 Å². The molecule has 3 aromatic rings. The van der Waals surface area contributed by atoms with Gasteiger partial charge in [0.15, 0.2) is 0 Å². The highest BCUT2D eigenvalue weighted by Crippen LogP contribution is 2.50. The number of hydrogen-bond donors (Lipinski definition) is 3. The van der Waals surface area contributed by atoms with Gasteiger partial charge in [-0.25, -0.2) is 4.39 Å². The van der Waals surface area contributed by atoms with Crippen LogP contribution in [0.5, 0.6) is 0 Å². The van der Waals surface area contributed by atoms with Crippen LogP contribution in [-0.2, 0) is 11.3 Å². The number of halogens is 1. The lowest BCUT2D eigenvalue weighted by Gasteiger charge is -2.27. The van der Waals surface area contributed by atoms with Gasteiger partial charge in [-0.3, -0.25) is 23.7 Å². The molecule has 2 aliphatic rings. The molecule has 0 bridgehead atoms. The van der Waals surface area contributed by atoms with Gasteiger partial charge in [-0.15, -0.1) is 0 Å². The van der Waals surface area contributed by atoms with Gasteiger partial charge in [-0.05, 0) is 69.4 Å². The van der Waals surface area contributed by atoms with Crippen LogP contribution >= 0.6 is 0 Å². The van der Waals surface area contributed by atoms with Crippen LogP contribution in [-0.4, -0.2) is 42.4 Å². The van der Waals surface area contributed by atoms with Crippen LogP contribution in [0.15, 0.2) is 41.7 Å². The molecule has 3 heterocycles. The summed E-state index contributed by atoms with van der Waals surface area (Å²) in [5.74, 6) is -0.254. The van der Waals surface area contributed by atoms with E-state index in [2.05, 4.69) is 25.8 Å². The summed E-state index contributed by atoms with van der Waals surface area (Å²) >= 11 is 0. The fraction of sp³-hybridized carbons (Fsp3) is 0.480. The van der Waals surface area contributed by atoms with E-state index in [4.69, 9.17) is 0 Å². The molecule has 0 unspecified atom stereocenters. The van der Waals surface area contributed by atoms with Gasteiger partial charge < -0.3 is 15.6 Å². The van der Waals surface area contributed by atoms with Crippen LogP contribution in [0.2, 0.25) is 0 Å². The molecule has 2 amide bonds. The lowest BCUT2D eigenvalue weighted by Crippen LogP contribution is -2.50. The van der Waals surface area contributed by atoms with Crippen molar-refractivity contribution >= 4 is 17.5 Å². The molecule has 2 saturated carbocycles. The van der Waals surface area contributed by atoms with E-state index in [1.165, 1.54) is 10.9 Å². The standard InChI is InChI=1S/C25H30FN7O3/c1-14(2)33-20(7-8-28-33)24(35)31-22(21(15-3-4-15)16-5-6-16)25(36)30-19-11-29-32(13-19)12-17-9-18(26)10-27-23(17)34/h7-11,13-16,21-22H,3-6,12H2,1-2H3,(H,27,34)(H,30,36)(H,31,35)/t22-/m0/s1. The molecule has 5 rings (SSSR count). The zero-order valence-electron chi connectivity index (χ0n) is 20.3. The number of amides is 2. The lowest BCUT2D eigenvalue weighted by molar-refractivity contribution is -0.119. The predicted molar refractivity (Wildman–Crippen MR) is 130 cm³/mol. The van der Waals surface area contributed by atoms with Crippen LogP contribution in [0.3, 0.4) is 0 Å². The zero-order valence-corrected chi connectivity index (χ0v) is 20.3. The minimum atomic E-state index is -0.692. The van der Waals surface area contributed by atoms with Crippen molar-refractivity contribution in [3.63, 3.8) is 0 Å². The van der Waals surface area contributed by atoms with Crippen LogP contribution in [0.4, 0.5) is 10.1 Å². The van der Waals surface area contributed by atoms with Gasteiger partial charge in [0.05, 0.1) is 18.4 Å². The third-order valence-electron chi connectivity index (χ3n) is 6.86. The largest absolute Gasteiger partial charge is 0.339 e. The number of anilines is 1. The van der Waals surface area contributed by atoms with Crippen molar-refractivity contribution in [1.82, 2.24) is 29.9 Å². The minimum Gasteiger partial charge on any atom is -0.339 e. The van der Waals surface area contributed by atoms with Crippen LogP contribution in [0.25, 0.3) is 0 Å². The number of aromatic amines is 1. The lowest BCUT2D eigenvalue weighted by atomic mass is 9.88. The number of carbonyl (C=O) groups excluding carboxylic acids is 2. The molecular weight excluding hydrogens is 465 g/mol. The van der Waals surface area contributed by atoms with Crippen molar-refractivity contribution in [2.45, 2.75) is 58.2 Å². The highest BCUT2D eigenvalue weighted by molar-refractivity contribution is 6.00. The number of nitrogens with one attached hydrogen (secondary N) is 3. The van der Waals surface area contributed by atoms with Crippen LogP contribution in [0.1, 0.15) is 61.6 Å². The maximum absolute atomic E-state index is 13.5. The summed E-state index contributed by atoms with van der Waals surface area (Å²) in [6.07, 6.45) is 9.88. The number of hydrogen-bond acceptors (Lipinski definition) is 5. The molecular formula is C25H30FN7O3. The second-order valence-corrected chi connectivity index (χ2v) is 10.0. The first-order valence-electron chi connectivity index (χ1n) is 12.3. The second-order valence-electron chi connectivity index (χ2n) is 10.0. The van der Waals surface area contributed by atoms with E-state index in [0.29, 0.717) is 23.2 Å². The molecule has 2 aliphatic carbocycles. The van der Waals surface area contributed by atoms with Crippen molar-refractivity contribution in [2.75, 3.05) is 5.32 Å². The van der Waals surface area contributed by atoms with Gasteiger partial charge in [-0.1, -0.05) is 0 Å². The summed E-state index contributed by atoms with van der Waals surface area (Å²) in [5.41, 5.74) is 0.661. The third kappa shape index (κ3) is 5.24. The number of H-pyrrole nitrogens is 1. The summed E-state index contributed by atoms with van der Waals surface area (Å²) in [6.45, 7) is 3.94. The number of pyridine rings is 1. The molecule has 0 aliphatic heterocycles. The molecule has 190 valence electrons. The van der Waals surface area contributed by atoms with E-state index in [0.717, 1.165) is 37.9 Å². The van der Waals surface area contributed by atoms with Crippen LogP contribution in [0, 0.1) is 23.6 Å². The Morgan fingerprint density at radius 2 is 1.92 bits per heavy atom. The van der Waals surface area contributed by atoms with Crippen LogP contribution < -0.4 is 16.2 Å². The SMILES string of the molecule is CC(C)n1nccc1C(=O)N[C@H](C(=O)Nc1cnn(Cc2cc(F)c[nH]c2=O)c1)C(C1CC1)C1CC1. The van der Waals surface area contributed by atoms with E-state index in [1.54, 1.807) is 23.1 Å². The molecule has 3 N–H and O–H groups in total. The van der Waals surface area contributed by atoms with Gasteiger partial charge in [-0.2, -0.15) is 10.2 Å². The maximum atomic E-state index is 13.5. The topological polar surface area (TPSA) is 127 Å². The van der Waals surface area contributed by atoms with Crippen molar-refractivity contribution in [3.8, 4) is 0 Å². The van der Waals surface area contributed by atoms with Gasteiger partial charge >= 0.3 is 0 Å². The molecule has 0 spiro atoms. The van der Waals surface area contributed by atoms with E-state index >= 15 is 0 Å². The Bertz CT molecular complexity index is 1310. The minimum absolute atomic E-state index is 0.00635. The summed E-state index contributed by atoms with van der Waals surface area (Å²) < 4.78 is 16.6. The van der Waals surface area contributed by atoms with E-state index in [9.17, 15) is 18.8 Å². The summed E-state index contributed by atoms with van der Waals surface area (Å²) in [5, 5.41) is 14.3. The molecule has 3 aromatic heterocycles. The fourth-order valence-corrected chi connectivity index (χ4v) is 4.88. The number of nitrogens with zero attached hydrogens (tertiary/aromatic N) is 4. The molecule has 0 aromatic carbocycles. The highest BCUT2D eigenvalue weighted by Gasteiger charge is 2.48. The third-order valence-corrected chi connectivity index (χ3v) is 6.86. The fourth-order valence-electron chi connectivity index (χ4n) is 4.88. The Balaban J connectivity index is 1.33. The van der Waals surface area contributed by atoms with E-state index in [1.807, 2.05) is 13.8 Å². The highest BCUT2D eigenvalue weighted by atomic mass is 19.1. The molecule has 0 radical (unpaired) electrons. The summed E-state index contributed by atoms with van der Waals surface area (Å²) in [7, 11) is 0. The Kier molecular flexibility index (Phi) is 6.46. The smallest absolute Gasteiger partial charge is 0.270 e. The number of aromatic nitrogens is 5. The molecule has 2 fully saturated rings. The number of carbonyl (C=O) groups is 2. The zero-order chi connectivity index (χ0) is 25.4. The summed E-state index contributed by atoms with van der Waals surface area (Å²) in [6, 6.07) is 2.13. The first-order valence-corrected chi connectivity index (χ1v) is 12.3. The Labute approximate surface area is 207 Å². The normalized spacial score (nSPS) is 16.4. The Morgan fingerprint density at radius 3 is 2.58 bits per heavy atom. The van der Waals surface area contributed by atoms with Gasteiger partial charge in [0.2, 0.25) is 5.91 Å². The summed E-state index contributed by atoms with van der Waals surface area (Å²) in [4.78, 5) is 41.0. The average Bonchev–Trinajstić information content (AvgIpc) is 3.76. The van der Waals surface area contributed by atoms with Crippen molar-refractivity contribution in [1.29, 1.82) is 0 Å². The van der Waals surface area contributed by atoms with Gasteiger partial charge in [0.25, 0.3) is 11.5 Å². The van der Waals surface area contributed by atoms with Crippen molar-refractivity contribution in [3.05, 3.63) is 64.3 Å². The Hall–Kier alpha value is -3.76. The van der Waals surface area contributed by atoms with E-state index in [-0.39, 0.29) is 35.9 Å². The molecule has 1 atom stereocenters. The van der Waals surface area contributed by atoms with E-state index < -0.39 is 17.4 Å². The Morgan fingerprint density at radius 1 is 1.19 bits per heavy atom. The quantitative estimate of drug-likeness (QED) is 0.399. The average molecular weight is 496 g/mol. The maximum Gasteiger partial charge on any atom is 0.270 e. The monoisotopic (exact) mass is 495 g/mol. The van der Waals surface area contributed by atoms with Gasteiger partial charge in [0.1, 0.15) is 17.6 Å². The van der Waals surface area contributed by atoms with Crippen molar-refractivity contribution < 1.29 is 14.0 Å². The second kappa shape index (κ2) is 9.71. The first-order chi connectivity index (χ1) is 17.3.